The first-order valence-electron chi connectivity index (χ1n) is 4.90. The van der Waals surface area contributed by atoms with Gasteiger partial charge in [0.1, 0.15) is 12.2 Å². The summed E-state index contributed by atoms with van der Waals surface area (Å²) >= 11 is 0. The van der Waals surface area contributed by atoms with Crippen LogP contribution in [-0.4, -0.2) is 31.3 Å². The van der Waals surface area contributed by atoms with E-state index in [0.29, 0.717) is 18.2 Å². The number of rotatable bonds is 4. The van der Waals surface area contributed by atoms with Crippen molar-refractivity contribution in [2.75, 3.05) is 17.6 Å². The maximum Gasteiger partial charge on any atom is 0.222 e. The average molecular weight is 219 g/mol. The lowest BCUT2D eigenvalue weighted by Crippen LogP contribution is -2.10. The number of anilines is 2. The minimum atomic E-state index is 0.554. The highest BCUT2D eigenvalue weighted by Crippen LogP contribution is 2.01. The number of nitrogens with zero attached hydrogens (tertiary/aromatic N) is 5. The van der Waals surface area contributed by atoms with Gasteiger partial charge >= 0.3 is 0 Å². The minimum absolute atomic E-state index is 0.554. The molecule has 0 atom stereocenters. The molecule has 0 spiro atoms. The summed E-state index contributed by atoms with van der Waals surface area (Å²) in [6.45, 7) is 0.705. The molecule has 16 heavy (non-hydrogen) atoms. The van der Waals surface area contributed by atoms with Crippen molar-refractivity contribution in [1.29, 1.82) is 0 Å². The van der Waals surface area contributed by atoms with Crippen LogP contribution in [0.25, 0.3) is 0 Å². The molecule has 0 bridgehead atoms. The van der Waals surface area contributed by atoms with Crippen molar-refractivity contribution in [3.8, 4) is 0 Å². The van der Waals surface area contributed by atoms with E-state index < -0.39 is 0 Å². The van der Waals surface area contributed by atoms with E-state index in [2.05, 4.69) is 25.5 Å². The Labute approximate surface area is 92.7 Å². The quantitative estimate of drug-likeness (QED) is 0.742. The third kappa shape index (κ3) is 2.44. The van der Waals surface area contributed by atoms with Crippen molar-refractivity contribution in [2.45, 2.75) is 6.42 Å². The summed E-state index contributed by atoms with van der Waals surface area (Å²) in [6.07, 6.45) is 5.58. The summed E-state index contributed by atoms with van der Waals surface area (Å²) in [7, 11) is 1.91. The largest absolute Gasteiger partial charge is 0.396 e. The number of aryl methyl sites for hydroxylation is 1. The SMILES string of the molecule is Cn1cnnc1CCNc1ncc(N)cn1. The van der Waals surface area contributed by atoms with Gasteiger partial charge in [0.2, 0.25) is 5.95 Å². The van der Waals surface area contributed by atoms with E-state index in [0.717, 1.165) is 12.2 Å². The van der Waals surface area contributed by atoms with Crippen LogP contribution in [0.3, 0.4) is 0 Å². The summed E-state index contributed by atoms with van der Waals surface area (Å²) < 4.78 is 1.88. The predicted molar refractivity (Wildman–Crippen MR) is 59.6 cm³/mol. The molecule has 0 fully saturated rings. The lowest BCUT2D eigenvalue weighted by Gasteiger charge is -2.03. The third-order valence-corrected chi connectivity index (χ3v) is 2.11. The number of hydrogen-bond acceptors (Lipinski definition) is 6. The topological polar surface area (TPSA) is 94.5 Å². The molecular formula is C9H13N7. The van der Waals surface area contributed by atoms with Crippen LogP contribution >= 0.6 is 0 Å². The lowest BCUT2D eigenvalue weighted by atomic mass is 10.4. The van der Waals surface area contributed by atoms with Crippen LogP contribution in [0.4, 0.5) is 11.6 Å². The van der Waals surface area contributed by atoms with Crippen molar-refractivity contribution in [2.24, 2.45) is 7.05 Å². The Morgan fingerprint density at radius 2 is 2.12 bits per heavy atom. The molecule has 84 valence electrons. The maximum absolute atomic E-state index is 5.48. The Morgan fingerprint density at radius 1 is 1.38 bits per heavy atom. The van der Waals surface area contributed by atoms with Gasteiger partial charge in [0, 0.05) is 20.0 Å². The van der Waals surface area contributed by atoms with Crippen LogP contribution in [0, 0.1) is 0 Å². The van der Waals surface area contributed by atoms with E-state index in [1.165, 1.54) is 0 Å². The molecule has 0 amide bonds. The summed E-state index contributed by atoms with van der Waals surface area (Å²) in [4.78, 5) is 8.06. The normalized spacial score (nSPS) is 10.3. The highest BCUT2D eigenvalue weighted by atomic mass is 15.2. The molecule has 0 aliphatic heterocycles. The molecule has 7 nitrogen and oxygen atoms in total. The molecule has 2 rings (SSSR count). The van der Waals surface area contributed by atoms with Crippen molar-refractivity contribution in [1.82, 2.24) is 24.7 Å². The number of hydrogen-bond donors (Lipinski definition) is 2. The van der Waals surface area contributed by atoms with Crippen LogP contribution in [-0.2, 0) is 13.5 Å². The second kappa shape index (κ2) is 4.56. The molecule has 0 radical (unpaired) electrons. The van der Waals surface area contributed by atoms with Crippen molar-refractivity contribution < 1.29 is 0 Å². The Bertz CT molecular complexity index is 447. The van der Waals surface area contributed by atoms with E-state index in [4.69, 9.17) is 5.73 Å². The fraction of sp³-hybridized carbons (Fsp3) is 0.333. The second-order valence-corrected chi connectivity index (χ2v) is 3.37. The molecular weight excluding hydrogens is 206 g/mol. The van der Waals surface area contributed by atoms with Gasteiger partial charge in [0.25, 0.3) is 0 Å². The number of nitrogen functional groups attached to an aromatic ring is 1. The van der Waals surface area contributed by atoms with E-state index in [1.54, 1.807) is 18.7 Å². The van der Waals surface area contributed by atoms with Gasteiger partial charge in [-0.2, -0.15) is 0 Å². The monoisotopic (exact) mass is 219 g/mol. The van der Waals surface area contributed by atoms with Gasteiger partial charge in [-0.05, 0) is 0 Å². The van der Waals surface area contributed by atoms with Gasteiger partial charge in [0.05, 0.1) is 18.1 Å². The van der Waals surface area contributed by atoms with Crippen LogP contribution < -0.4 is 11.1 Å². The molecule has 0 aliphatic carbocycles. The first-order valence-corrected chi connectivity index (χ1v) is 4.90. The zero-order chi connectivity index (χ0) is 11.4. The Hall–Kier alpha value is -2.18. The molecule has 0 saturated carbocycles. The molecule has 0 aliphatic rings. The van der Waals surface area contributed by atoms with Gasteiger partial charge < -0.3 is 15.6 Å². The fourth-order valence-corrected chi connectivity index (χ4v) is 1.25. The van der Waals surface area contributed by atoms with Gasteiger partial charge in [-0.1, -0.05) is 0 Å². The summed E-state index contributed by atoms with van der Waals surface area (Å²) in [5, 5.41) is 10.8. The van der Waals surface area contributed by atoms with Gasteiger partial charge in [0.15, 0.2) is 0 Å². The molecule has 2 aromatic rings. The zero-order valence-corrected chi connectivity index (χ0v) is 8.96. The molecule has 0 aromatic carbocycles. The highest BCUT2D eigenvalue weighted by Gasteiger charge is 2.00. The number of nitrogens with one attached hydrogen (secondary N) is 1. The third-order valence-electron chi connectivity index (χ3n) is 2.11. The van der Waals surface area contributed by atoms with E-state index in [9.17, 15) is 0 Å². The van der Waals surface area contributed by atoms with Crippen LogP contribution in [0.15, 0.2) is 18.7 Å². The lowest BCUT2D eigenvalue weighted by molar-refractivity contribution is 0.786. The minimum Gasteiger partial charge on any atom is -0.396 e. The molecule has 3 N–H and O–H groups in total. The maximum atomic E-state index is 5.48. The second-order valence-electron chi connectivity index (χ2n) is 3.37. The Balaban J connectivity index is 1.84. The summed E-state index contributed by atoms with van der Waals surface area (Å²) in [5.74, 6) is 1.49. The average Bonchev–Trinajstić information content (AvgIpc) is 2.68. The zero-order valence-electron chi connectivity index (χ0n) is 8.96. The Kier molecular flexibility index (Phi) is 2.95. The first-order chi connectivity index (χ1) is 7.75. The van der Waals surface area contributed by atoms with E-state index >= 15 is 0 Å². The molecule has 7 heteroatoms. The molecule has 0 saturated heterocycles. The van der Waals surface area contributed by atoms with Crippen molar-refractivity contribution in [3.63, 3.8) is 0 Å². The van der Waals surface area contributed by atoms with Crippen LogP contribution in [0.1, 0.15) is 5.82 Å². The number of aromatic nitrogens is 5. The molecule has 2 aromatic heterocycles. The van der Waals surface area contributed by atoms with Crippen molar-refractivity contribution >= 4 is 11.6 Å². The molecule has 0 unspecified atom stereocenters. The predicted octanol–water partition coefficient (Wildman–Crippen LogP) is -0.158. The van der Waals surface area contributed by atoms with E-state index in [1.807, 2.05) is 11.6 Å². The smallest absolute Gasteiger partial charge is 0.222 e. The fourth-order valence-electron chi connectivity index (χ4n) is 1.25. The van der Waals surface area contributed by atoms with Gasteiger partial charge in [-0.3, -0.25) is 0 Å². The van der Waals surface area contributed by atoms with Gasteiger partial charge in [-0.15, -0.1) is 10.2 Å². The standard InChI is InChI=1S/C9H13N7/c1-16-6-14-15-8(16)2-3-11-9-12-4-7(10)5-13-9/h4-6H,2-3,10H2,1H3,(H,11,12,13). The number of nitrogens with two attached hydrogens (primary N) is 1. The first kappa shape index (κ1) is 10.3. The van der Waals surface area contributed by atoms with Gasteiger partial charge in [-0.25, -0.2) is 9.97 Å². The van der Waals surface area contributed by atoms with E-state index in [-0.39, 0.29) is 0 Å². The molecule has 2 heterocycles. The Morgan fingerprint density at radius 3 is 2.75 bits per heavy atom. The summed E-state index contributed by atoms with van der Waals surface area (Å²) in [6, 6.07) is 0. The highest BCUT2D eigenvalue weighted by molar-refractivity contribution is 5.35. The summed E-state index contributed by atoms with van der Waals surface area (Å²) in [5.41, 5.74) is 6.03. The van der Waals surface area contributed by atoms with Crippen molar-refractivity contribution in [3.05, 3.63) is 24.5 Å². The van der Waals surface area contributed by atoms with Crippen LogP contribution in [0.2, 0.25) is 0 Å². The van der Waals surface area contributed by atoms with Crippen LogP contribution in [0.5, 0.6) is 0 Å².